The van der Waals surface area contributed by atoms with Gasteiger partial charge in [-0.1, -0.05) is 36.4 Å². The third kappa shape index (κ3) is 2.65. The molecule has 2 aromatic carbocycles. The first kappa shape index (κ1) is 15.5. The van der Waals surface area contributed by atoms with Crippen molar-refractivity contribution in [3.05, 3.63) is 42.5 Å². The SMILES string of the molecule is O=S(=O)(Nc1cccc2ccccc12)C(F)(F)C(F)(F)F. The van der Waals surface area contributed by atoms with Gasteiger partial charge >= 0.3 is 21.5 Å². The van der Waals surface area contributed by atoms with E-state index < -0.39 is 21.5 Å². The standard InChI is InChI=1S/C12H8F5NO2S/c13-11(14,15)12(16,17)21(19,20)18-10-7-3-5-8-4-1-2-6-9(8)10/h1-7,18H. The van der Waals surface area contributed by atoms with Gasteiger partial charge in [-0.05, 0) is 11.5 Å². The van der Waals surface area contributed by atoms with Crippen molar-refractivity contribution in [1.82, 2.24) is 0 Å². The molecule has 2 rings (SSSR count). The van der Waals surface area contributed by atoms with Crippen LogP contribution in [0.25, 0.3) is 10.8 Å². The summed E-state index contributed by atoms with van der Waals surface area (Å²) in [5.41, 5.74) is -0.350. The van der Waals surface area contributed by atoms with E-state index in [2.05, 4.69) is 0 Å². The molecule has 3 nitrogen and oxygen atoms in total. The van der Waals surface area contributed by atoms with Crippen LogP contribution in [-0.2, 0) is 10.0 Å². The largest absolute Gasteiger partial charge is 0.471 e. The van der Waals surface area contributed by atoms with Crippen LogP contribution >= 0.6 is 0 Å². The average Bonchev–Trinajstić information content (AvgIpc) is 2.37. The molecule has 0 radical (unpaired) electrons. The van der Waals surface area contributed by atoms with Gasteiger partial charge in [0, 0.05) is 5.39 Å². The maximum absolute atomic E-state index is 13.0. The second kappa shape index (κ2) is 4.83. The number of fused-ring (bicyclic) bond motifs is 1. The molecule has 9 heteroatoms. The number of rotatable bonds is 3. The number of anilines is 1. The Morgan fingerprint density at radius 1 is 0.857 bits per heavy atom. The number of hydrogen-bond donors (Lipinski definition) is 1. The van der Waals surface area contributed by atoms with Gasteiger partial charge in [-0.2, -0.15) is 30.4 Å². The Balaban J connectivity index is 2.50. The minimum Gasteiger partial charge on any atom is -0.278 e. The van der Waals surface area contributed by atoms with E-state index in [4.69, 9.17) is 0 Å². The van der Waals surface area contributed by atoms with Gasteiger partial charge in [0.2, 0.25) is 0 Å². The van der Waals surface area contributed by atoms with Gasteiger partial charge in [0.1, 0.15) is 0 Å². The molecule has 0 aromatic heterocycles. The topological polar surface area (TPSA) is 46.2 Å². The summed E-state index contributed by atoms with van der Waals surface area (Å²) in [4.78, 5) is 0. The van der Waals surface area contributed by atoms with Crippen LogP contribution in [0.3, 0.4) is 0 Å². The summed E-state index contributed by atoms with van der Waals surface area (Å²) in [7, 11) is -5.97. The minimum absolute atomic E-state index is 0.210. The van der Waals surface area contributed by atoms with Crippen LogP contribution in [-0.4, -0.2) is 19.8 Å². The zero-order valence-corrected chi connectivity index (χ0v) is 11.0. The van der Waals surface area contributed by atoms with Crippen LogP contribution in [0.2, 0.25) is 0 Å². The molecule has 0 spiro atoms. The van der Waals surface area contributed by atoms with Gasteiger partial charge in [0.25, 0.3) is 0 Å². The molecule has 2 aromatic rings. The zero-order valence-electron chi connectivity index (χ0n) is 10.2. The lowest BCUT2D eigenvalue weighted by atomic mass is 10.1. The van der Waals surface area contributed by atoms with Gasteiger partial charge in [-0.25, -0.2) is 0 Å². The highest BCUT2D eigenvalue weighted by Crippen LogP contribution is 2.40. The van der Waals surface area contributed by atoms with Crippen LogP contribution < -0.4 is 4.72 Å². The van der Waals surface area contributed by atoms with Gasteiger partial charge in [-0.15, -0.1) is 0 Å². The van der Waals surface area contributed by atoms with Crippen molar-refractivity contribution in [1.29, 1.82) is 0 Å². The number of sulfonamides is 1. The smallest absolute Gasteiger partial charge is 0.278 e. The molecule has 0 aliphatic heterocycles. The first-order valence-electron chi connectivity index (χ1n) is 5.51. The van der Waals surface area contributed by atoms with E-state index in [1.807, 2.05) is 0 Å². The van der Waals surface area contributed by atoms with E-state index in [9.17, 15) is 30.4 Å². The monoisotopic (exact) mass is 325 g/mol. The molecule has 1 N–H and O–H groups in total. The van der Waals surface area contributed by atoms with Crippen LogP contribution in [0.5, 0.6) is 0 Å². The zero-order chi connectivity index (χ0) is 15.9. The third-order valence-electron chi connectivity index (χ3n) is 2.70. The van der Waals surface area contributed by atoms with Crippen LogP contribution in [0.1, 0.15) is 0 Å². The van der Waals surface area contributed by atoms with E-state index in [1.54, 1.807) is 18.2 Å². The van der Waals surface area contributed by atoms with Gasteiger partial charge in [-0.3, -0.25) is 4.72 Å². The van der Waals surface area contributed by atoms with Crippen LogP contribution in [0, 0.1) is 0 Å². The van der Waals surface area contributed by atoms with E-state index in [0.29, 0.717) is 5.39 Å². The second-order valence-corrected chi connectivity index (χ2v) is 5.87. The molecule has 0 aliphatic rings. The summed E-state index contributed by atoms with van der Waals surface area (Å²) in [5.74, 6) is 0. The van der Waals surface area contributed by atoms with E-state index in [-0.39, 0.29) is 11.1 Å². The van der Waals surface area contributed by atoms with Gasteiger partial charge < -0.3 is 0 Å². The molecule has 0 amide bonds. The van der Waals surface area contributed by atoms with Gasteiger partial charge in [0.05, 0.1) is 5.69 Å². The molecule has 0 aliphatic carbocycles. The Bertz CT molecular complexity index is 765. The lowest BCUT2D eigenvalue weighted by Crippen LogP contribution is -2.46. The second-order valence-electron chi connectivity index (χ2n) is 4.15. The molecule has 0 bridgehead atoms. The first-order valence-corrected chi connectivity index (χ1v) is 6.99. The van der Waals surface area contributed by atoms with Crippen molar-refractivity contribution in [3.63, 3.8) is 0 Å². The average molecular weight is 325 g/mol. The fourth-order valence-electron chi connectivity index (χ4n) is 1.68. The summed E-state index contributed by atoms with van der Waals surface area (Å²) in [5, 5.41) is -5.19. The Morgan fingerprint density at radius 3 is 2.05 bits per heavy atom. The van der Waals surface area contributed by atoms with Crippen molar-refractivity contribution in [2.45, 2.75) is 11.4 Å². The number of alkyl halides is 5. The van der Waals surface area contributed by atoms with Gasteiger partial charge in [0.15, 0.2) is 0 Å². The fourth-order valence-corrected chi connectivity index (χ4v) is 2.58. The summed E-state index contributed by atoms with van der Waals surface area (Å²) in [6.07, 6.45) is -6.20. The van der Waals surface area contributed by atoms with Crippen molar-refractivity contribution >= 4 is 26.5 Å². The number of hydrogen-bond acceptors (Lipinski definition) is 2. The van der Waals surface area contributed by atoms with Crippen molar-refractivity contribution in [2.24, 2.45) is 0 Å². The fraction of sp³-hybridized carbons (Fsp3) is 0.167. The van der Waals surface area contributed by atoms with Crippen LogP contribution in [0.4, 0.5) is 27.6 Å². The minimum atomic E-state index is -6.20. The summed E-state index contributed by atoms with van der Waals surface area (Å²) >= 11 is 0. The maximum atomic E-state index is 13.0. The summed E-state index contributed by atoms with van der Waals surface area (Å²) in [6.45, 7) is 0. The number of nitrogens with one attached hydrogen (secondary N) is 1. The molecule has 0 saturated heterocycles. The van der Waals surface area contributed by atoms with Crippen molar-refractivity contribution < 1.29 is 30.4 Å². The lowest BCUT2D eigenvalue weighted by Gasteiger charge is -2.20. The third-order valence-corrected chi connectivity index (χ3v) is 4.10. The Morgan fingerprint density at radius 2 is 1.43 bits per heavy atom. The Kier molecular flexibility index (Phi) is 3.56. The quantitative estimate of drug-likeness (QED) is 0.874. The molecule has 0 unspecified atom stereocenters. The maximum Gasteiger partial charge on any atom is 0.471 e. The summed E-state index contributed by atoms with van der Waals surface area (Å²) in [6, 6.07) is 10.1. The number of halogens is 5. The molecule has 0 saturated carbocycles. The molecule has 0 atom stereocenters. The molecule has 21 heavy (non-hydrogen) atoms. The van der Waals surface area contributed by atoms with Crippen molar-refractivity contribution in [3.8, 4) is 0 Å². The molecule has 0 heterocycles. The lowest BCUT2D eigenvalue weighted by molar-refractivity contribution is -0.241. The predicted octanol–water partition coefficient (Wildman–Crippen LogP) is 3.74. The molecule has 0 fully saturated rings. The van der Waals surface area contributed by atoms with Crippen molar-refractivity contribution in [2.75, 3.05) is 4.72 Å². The van der Waals surface area contributed by atoms with E-state index >= 15 is 0 Å². The van der Waals surface area contributed by atoms with Crippen LogP contribution in [0.15, 0.2) is 42.5 Å². The van der Waals surface area contributed by atoms with E-state index in [0.717, 1.165) is 6.07 Å². The Labute approximate surface area is 116 Å². The highest BCUT2D eigenvalue weighted by molar-refractivity contribution is 7.93. The van der Waals surface area contributed by atoms with E-state index in [1.165, 1.54) is 22.9 Å². The molecular weight excluding hydrogens is 317 g/mol. The number of benzene rings is 2. The normalized spacial score (nSPS) is 13.4. The highest BCUT2D eigenvalue weighted by Gasteiger charge is 2.67. The predicted molar refractivity (Wildman–Crippen MR) is 67.5 cm³/mol. The molecule has 114 valence electrons. The first-order chi connectivity index (χ1) is 9.56. The molecular formula is C12H8F5NO2S. The Hall–Kier alpha value is -1.90. The highest BCUT2D eigenvalue weighted by atomic mass is 32.2. The summed E-state index contributed by atoms with van der Waals surface area (Å²) < 4.78 is 86.5.